The van der Waals surface area contributed by atoms with Gasteiger partial charge in [-0.05, 0) is 30.9 Å². The molecule has 2 atom stereocenters. The van der Waals surface area contributed by atoms with Crippen LogP contribution in [0.5, 0.6) is 0 Å². The van der Waals surface area contributed by atoms with E-state index in [-0.39, 0.29) is 0 Å². The fourth-order valence-corrected chi connectivity index (χ4v) is 3.35. The lowest BCUT2D eigenvalue weighted by Crippen LogP contribution is -2.25. The van der Waals surface area contributed by atoms with E-state index in [4.69, 9.17) is 11.6 Å². The molecule has 0 heterocycles. The van der Waals surface area contributed by atoms with Crippen molar-refractivity contribution in [1.29, 1.82) is 0 Å². The van der Waals surface area contributed by atoms with Gasteiger partial charge in [-0.1, -0.05) is 37.4 Å². The lowest BCUT2D eigenvalue weighted by molar-refractivity contribution is 0.489. The minimum Gasteiger partial charge on any atom is -0.380 e. The first kappa shape index (κ1) is 13.5. The molecule has 3 heteroatoms. The van der Waals surface area contributed by atoms with Gasteiger partial charge in [-0.15, -0.1) is 0 Å². The van der Waals surface area contributed by atoms with Gasteiger partial charge in [0.2, 0.25) is 0 Å². The molecule has 0 radical (unpaired) electrons. The summed E-state index contributed by atoms with van der Waals surface area (Å²) >= 11 is 6.30. The summed E-state index contributed by atoms with van der Waals surface area (Å²) in [6.07, 6.45) is 5.23. The van der Waals surface area contributed by atoms with Crippen LogP contribution in [0.2, 0.25) is 5.02 Å². The SMILES string of the molecule is CCC1CCCC1Nc1cccc(Cl)c1N(C)C. The van der Waals surface area contributed by atoms with E-state index in [1.807, 2.05) is 26.2 Å². The number of hydrogen-bond donors (Lipinski definition) is 1. The molecule has 0 aromatic heterocycles. The van der Waals surface area contributed by atoms with Gasteiger partial charge in [-0.3, -0.25) is 0 Å². The Bertz CT molecular complexity index is 403. The molecule has 1 saturated carbocycles. The van der Waals surface area contributed by atoms with E-state index in [0.29, 0.717) is 6.04 Å². The molecule has 1 aliphatic rings. The summed E-state index contributed by atoms with van der Waals surface area (Å²) in [5, 5.41) is 4.52. The van der Waals surface area contributed by atoms with Crippen LogP contribution in [-0.2, 0) is 0 Å². The zero-order valence-corrected chi connectivity index (χ0v) is 12.3. The molecular weight excluding hydrogens is 244 g/mol. The second-order valence-electron chi connectivity index (χ2n) is 5.38. The number of nitrogens with zero attached hydrogens (tertiary/aromatic N) is 1. The average molecular weight is 267 g/mol. The van der Waals surface area contributed by atoms with Gasteiger partial charge in [0.1, 0.15) is 0 Å². The second-order valence-corrected chi connectivity index (χ2v) is 5.79. The first-order valence-corrected chi connectivity index (χ1v) is 7.23. The molecule has 0 saturated heterocycles. The van der Waals surface area contributed by atoms with Crippen molar-refractivity contribution in [3.05, 3.63) is 23.2 Å². The molecule has 0 aliphatic heterocycles. The Morgan fingerprint density at radius 2 is 2.11 bits per heavy atom. The smallest absolute Gasteiger partial charge is 0.0786 e. The number of anilines is 2. The quantitative estimate of drug-likeness (QED) is 0.869. The maximum atomic E-state index is 6.30. The van der Waals surface area contributed by atoms with E-state index in [1.165, 1.54) is 25.7 Å². The molecule has 1 aromatic carbocycles. The summed E-state index contributed by atoms with van der Waals surface area (Å²) in [4.78, 5) is 2.08. The van der Waals surface area contributed by atoms with Crippen molar-refractivity contribution in [2.75, 3.05) is 24.3 Å². The van der Waals surface area contributed by atoms with Gasteiger partial charge in [0.15, 0.2) is 0 Å². The van der Waals surface area contributed by atoms with Crippen LogP contribution in [0, 0.1) is 5.92 Å². The van der Waals surface area contributed by atoms with Gasteiger partial charge in [-0.2, -0.15) is 0 Å². The maximum absolute atomic E-state index is 6.30. The van der Waals surface area contributed by atoms with Gasteiger partial charge >= 0.3 is 0 Å². The maximum Gasteiger partial charge on any atom is 0.0786 e. The molecule has 18 heavy (non-hydrogen) atoms. The van der Waals surface area contributed by atoms with Crippen molar-refractivity contribution in [2.24, 2.45) is 5.92 Å². The molecule has 2 nitrogen and oxygen atoms in total. The average Bonchev–Trinajstić information content (AvgIpc) is 2.76. The Balaban J connectivity index is 2.21. The predicted octanol–water partition coefficient (Wildman–Crippen LogP) is 4.40. The van der Waals surface area contributed by atoms with Crippen molar-refractivity contribution < 1.29 is 0 Å². The third-order valence-corrected chi connectivity index (χ3v) is 4.26. The number of hydrogen-bond acceptors (Lipinski definition) is 2. The minimum atomic E-state index is 0.604. The van der Waals surface area contributed by atoms with Crippen molar-refractivity contribution in [1.82, 2.24) is 0 Å². The Hall–Kier alpha value is -0.890. The van der Waals surface area contributed by atoms with Crippen LogP contribution in [0.15, 0.2) is 18.2 Å². The topological polar surface area (TPSA) is 15.3 Å². The molecule has 1 fully saturated rings. The van der Waals surface area contributed by atoms with Crippen molar-refractivity contribution in [2.45, 2.75) is 38.6 Å². The van der Waals surface area contributed by atoms with Crippen LogP contribution >= 0.6 is 11.6 Å². The summed E-state index contributed by atoms with van der Waals surface area (Å²) in [7, 11) is 4.08. The number of nitrogens with one attached hydrogen (secondary N) is 1. The lowest BCUT2D eigenvalue weighted by atomic mass is 10.0. The molecule has 0 spiro atoms. The van der Waals surface area contributed by atoms with Crippen LogP contribution in [0.4, 0.5) is 11.4 Å². The summed E-state index contributed by atoms with van der Waals surface area (Å²) in [5.41, 5.74) is 2.26. The lowest BCUT2D eigenvalue weighted by Gasteiger charge is -2.25. The van der Waals surface area contributed by atoms with Gasteiger partial charge in [0, 0.05) is 20.1 Å². The molecule has 0 amide bonds. The molecule has 2 rings (SSSR count). The van der Waals surface area contributed by atoms with E-state index in [1.54, 1.807) is 0 Å². The Kier molecular flexibility index (Phi) is 4.39. The number of rotatable bonds is 4. The van der Waals surface area contributed by atoms with Gasteiger partial charge in [-0.25, -0.2) is 0 Å². The highest BCUT2D eigenvalue weighted by molar-refractivity contribution is 6.34. The first-order chi connectivity index (χ1) is 8.63. The fraction of sp³-hybridized carbons (Fsp3) is 0.600. The normalized spacial score (nSPS) is 23.1. The molecule has 100 valence electrons. The zero-order valence-electron chi connectivity index (χ0n) is 11.5. The minimum absolute atomic E-state index is 0.604. The molecule has 0 bridgehead atoms. The number of para-hydroxylation sites is 1. The third kappa shape index (κ3) is 2.74. The molecule has 1 aromatic rings. The van der Waals surface area contributed by atoms with E-state index >= 15 is 0 Å². The van der Waals surface area contributed by atoms with Gasteiger partial charge < -0.3 is 10.2 Å². The Morgan fingerprint density at radius 3 is 2.78 bits per heavy atom. The summed E-state index contributed by atoms with van der Waals surface area (Å²) in [6.45, 7) is 2.29. The van der Waals surface area contributed by atoms with Crippen LogP contribution < -0.4 is 10.2 Å². The zero-order chi connectivity index (χ0) is 13.1. The van der Waals surface area contributed by atoms with Crippen molar-refractivity contribution >= 4 is 23.0 Å². The number of benzene rings is 1. The fourth-order valence-electron chi connectivity index (χ4n) is 3.00. The van der Waals surface area contributed by atoms with Crippen LogP contribution in [0.3, 0.4) is 0 Å². The van der Waals surface area contributed by atoms with Crippen molar-refractivity contribution in [3.8, 4) is 0 Å². The molecule has 2 unspecified atom stereocenters. The highest BCUT2D eigenvalue weighted by atomic mass is 35.5. The monoisotopic (exact) mass is 266 g/mol. The number of halogens is 1. The molecular formula is C15H23ClN2. The summed E-state index contributed by atoms with van der Waals surface area (Å²) in [6, 6.07) is 6.71. The largest absolute Gasteiger partial charge is 0.380 e. The summed E-state index contributed by atoms with van der Waals surface area (Å²) in [5.74, 6) is 0.805. The predicted molar refractivity (Wildman–Crippen MR) is 80.8 cm³/mol. The van der Waals surface area contributed by atoms with Crippen LogP contribution in [0.1, 0.15) is 32.6 Å². The summed E-state index contributed by atoms with van der Waals surface area (Å²) < 4.78 is 0. The first-order valence-electron chi connectivity index (χ1n) is 6.85. The van der Waals surface area contributed by atoms with E-state index in [2.05, 4.69) is 23.2 Å². The third-order valence-electron chi connectivity index (χ3n) is 3.96. The van der Waals surface area contributed by atoms with Gasteiger partial charge in [0.05, 0.1) is 16.4 Å². The highest BCUT2D eigenvalue weighted by Gasteiger charge is 2.26. The Morgan fingerprint density at radius 1 is 1.33 bits per heavy atom. The van der Waals surface area contributed by atoms with E-state index in [0.717, 1.165) is 22.3 Å². The second kappa shape index (κ2) is 5.83. The van der Waals surface area contributed by atoms with Crippen LogP contribution in [0.25, 0.3) is 0 Å². The van der Waals surface area contributed by atoms with Crippen molar-refractivity contribution in [3.63, 3.8) is 0 Å². The van der Waals surface area contributed by atoms with E-state index < -0.39 is 0 Å². The van der Waals surface area contributed by atoms with E-state index in [9.17, 15) is 0 Å². The highest BCUT2D eigenvalue weighted by Crippen LogP contribution is 2.36. The molecule has 1 aliphatic carbocycles. The Labute approximate surface area is 115 Å². The van der Waals surface area contributed by atoms with Crippen LogP contribution in [-0.4, -0.2) is 20.1 Å². The van der Waals surface area contributed by atoms with Gasteiger partial charge in [0.25, 0.3) is 0 Å². The standard InChI is InChI=1S/C15H23ClN2/c1-4-11-7-5-9-13(11)17-14-10-6-8-12(16)15(14)18(2)3/h6,8,10-11,13,17H,4-5,7,9H2,1-3H3. The molecule has 1 N–H and O–H groups in total.